The van der Waals surface area contributed by atoms with Crippen LogP contribution in [0.5, 0.6) is 0 Å². The summed E-state index contributed by atoms with van der Waals surface area (Å²) in [5, 5.41) is 0. The molecule has 0 aliphatic heterocycles. The highest BCUT2D eigenvalue weighted by molar-refractivity contribution is 9.10. The van der Waals surface area contributed by atoms with E-state index in [0.717, 1.165) is 21.5 Å². The number of hydrogen-bond donors (Lipinski definition) is 0. The van der Waals surface area contributed by atoms with Crippen molar-refractivity contribution in [1.82, 2.24) is 0 Å². The van der Waals surface area contributed by atoms with Crippen LogP contribution in [0.2, 0.25) is 0 Å². The molecular weight excluding hydrogens is 206 g/mol. The van der Waals surface area contributed by atoms with Gasteiger partial charge in [-0.1, -0.05) is 0 Å². The van der Waals surface area contributed by atoms with Crippen molar-refractivity contribution in [2.75, 3.05) is 21.1 Å². The SMILES string of the molecule is C[N+](C)(C)Cc1ccc(Br)o1. The monoisotopic (exact) mass is 218 g/mol. The van der Waals surface area contributed by atoms with Gasteiger partial charge in [0.1, 0.15) is 6.54 Å². The van der Waals surface area contributed by atoms with Crippen molar-refractivity contribution in [2.24, 2.45) is 0 Å². The molecule has 0 bridgehead atoms. The van der Waals surface area contributed by atoms with Gasteiger partial charge in [0, 0.05) is 0 Å². The Labute approximate surface area is 75.5 Å². The molecule has 62 valence electrons. The van der Waals surface area contributed by atoms with Crippen LogP contribution in [0.15, 0.2) is 21.2 Å². The molecule has 0 aromatic carbocycles. The van der Waals surface area contributed by atoms with Crippen LogP contribution in [-0.2, 0) is 6.54 Å². The third-order valence-corrected chi connectivity index (χ3v) is 1.69. The molecule has 2 nitrogen and oxygen atoms in total. The molecule has 0 aliphatic carbocycles. The van der Waals surface area contributed by atoms with E-state index >= 15 is 0 Å². The molecule has 0 fully saturated rings. The van der Waals surface area contributed by atoms with Crippen LogP contribution in [-0.4, -0.2) is 25.6 Å². The maximum absolute atomic E-state index is 5.36. The maximum Gasteiger partial charge on any atom is 0.169 e. The average Bonchev–Trinajstić information content (AvgIpc) is 2.10. The highest BCUT2D eigenvalue weighted by Gasteiger charge is 2.10. The van der Waals surface area contributed by atoms with Gasteiger partial charge in [-0.05, 0) is 28.1 Å². The van der Waals surface area contributed by atoms with Crippen molar-refractivity contribution in [1.29, 1.82) is 0 Å². The van der Waals surface area contributed by atoms with Crippen LogP contribution in [0, 0.1) is 0 Å². The number of quaternary nitrogens is 1. The molecule has 0 unspecified atom stereocenters. The second-order valence-corrected chi connectivity index (χ2v) is 4.44. The Bertz CT molecular complexity index is 236. The summed E-state index contributed by atoms with van der Waals surface area (Å²) in [7, 11) is 6.41. The number of rotatable bonds is 2. The smallest absolute Gasteiger partial charge is 0.169 e. The van der Waals surface area contributed by atoms with E-state index < -0.39 is 0 Å². The standard InChI is InChI=1S/C8H13BrNO/c1-10(2,3)6-7-4-5-8(9)11-7/h4-5H,6H2,1-3H3/q+1. The molecule has 1 heterocycles. The summed E-state index contributed by atoms with van der Waals surface area (Å²) in [5.74, 6) is 1.02. The summed E-state index contributed by atoms with van der Waals surface area (Å²) in [6, 6.07) is 3.92. The first kappa shape index (κ1) is 8.81. The molecule has 0 saturated heterocycles. The van der Waals surface area contributed by atoms with E-state index in [1.165, 1.54) is 0 Å². The minimum Gasteiger partial charge on any atom is -0.448 e. The van der Waals surface area contributed by atoms with Gasteiger partial charge in [-0.15, -0.1) is 0 Å². The first-order valence-corrected chi connectivity index (χ1v) is 4.31. The van der Waals surface area contributed by atoms with Gasteiger partial charge < -0.3 is 8.90 Å². The minimum absolute atomic E-state index is 0.806. The molecule has 3 heteroatoms. The minimum atomic E-state index is 0.806. The highest BCUT2D eigenvalue weighted by Crippen LogP contribution is 2.16. The highest BCUT2D eigenvalue weighted by atomic mass is 79.9. The second kappa shape index (κ2) is 2.99. The number of hydrogen-bond acceptors (Lipinski definition) is 1. The van der Waals surface area contributed by atoms with Gasteiger partial charge in [0.05, 0.1) is 21.1 Å². The molecule has 0 aliphatic rings. The van der Waals surface area contributed by atoms with Crippen LogP contribution < -0.4 is 0 Å². The van der Waals surface area contributed by atoms with Crippen molar-refractivity contribution in [2.45, 2.75) is 6.54 Å². The van der Waals surface area contributed by atoms with E-state index in [1.807, 2.05) is 12.1 Å². The normalized spacial score (nSPS) is 12.0. The molecule has 1 aromatic rings. The summed E-state index contributed by atoms with van der Waals surface area (Å²) in [6.45, 7) is 0.922. The van der Waals surface area contributed by atoms with Crippen molar-refractivity contribution in [3.05, 3.63) is 22.6 Å². The van der Waals surface area contributed by atoms with Gasteiger partial charge in [-0.2, -0.15) is 0 Å². The molecule has 0 saturated carbocycles. The average molecular weight is 219 g/mol. The van der Waals surface area contributed by atoms with Crippen molar-refractivity contribution in [3.8, 4) is 0 Å². The van der Waals surface area contributed by atoms with Crippen molar-refractivity contribution in [3.63, 3.8) is 0 Å². The molecule has 1 aromatic heterocycles. The Kier molecular flexibility index (Phi) is 2.40. The Morgan fingerprint density at radius 2 is 2.00 bits per heavy atom. The summed E-state index contributed by atoms with van der Waals surface area (Å²) >= 11 is 3.27. The number of halogens is 1. The molecule has 0 radical (unpaired) electrons. The van der Waals surface area contributed by atoms with E-state index in [9.17, 15) is 0 Å². The molecule has 11 heavy (non-hydrogen) atoms. The Balaban J connectivity index is 2.65. The fraction of sp³-hybridized carbons (Fsp3) is 0.500. The van der Waals surface area contributed by atoms with Gasteiger partial charge in [0.2, 0.25) is 0 Å². The fourth-order valence-electron chi connectivity index (χ4n) is 0.904. The first-order valence-electron chi connectivity index (χ1n) is 3.52. The molecule has 0 atom stereocenters. The van der Waals surface area contributed by atoms with Crippen LogP contribution in [0.1, 0.15) is 5.76 Å². The summed E-state index contributed by atoms with van der Waals surface area (Å²) in [6.07, 6.45) is 0. The molecular formula is C8H13BrNO+. The maximum atomic E-state index is 5.36. The first-order chi connectivity index (χ1) is 4.97. The zero-order valence-electron chi connectivity index (χ0n) is 7.10. The summed E-state index contributed by atoms with van der Waals surface area (Å²) in [5.41, 5.74) is 0. The molecule has 0 N–H and O–H groups in total. The fourth-order valence-corrected chi connectivity index (χ4v) is 1.24. The van der Waals surface area contributed by atoms with E-state index in [-0.39, 0.29) is 0 Å². The van der Waals surface area contributed by atoms with E-state index in [4.69, 9.17) is 4.42 Å². The van der Waals surface area contributed by atoms with Crippen molar-refractivity contribution < 1.29 is 8.90 Å². The zero-order chi connectivity index (χ0) is 8.48. The quantitative estimate of drug-likeness (QED) is 0.695. The van der Waals surface area contributed by atoms with Crippen LogP contribution >= 0.6 is 15.9 Å². The zero-order valence-corrected chi connectivity index (χ0v) is 8.68. The lowest BCUT2D eigenvalue weighted by atomic mass is 10.4. The molecule has 0 amide bonds. The number of nitrogens with zero attached hydrogens (tertiary/aromatic N) is 1. The predicted molar refractivity (Wildman–Crippen MR) is 48.1 cm³/mol. The second-order valence-electron chi connectivity index (χ2n) is 3.65. The van der Waals surface area contributed by atoms with Gasteiger partial charge in [-0.25, -0.2) is 0 Å². The van der Waals surface area contributed by atoms with Crippen LogP contribution in [0.3, 0.4) is 0 Å². The topological polar surface area (TPSA) is 13.1 Å². The van der Waals surface area contributed by atoms with Crippen LogP contribution in [0.25, 0.3) is 0 Å². The van der Waals surface area contributed by atoms with E-state index in [0.29, 0.717) is 0 Å². The summed E-state index contributed by atoms with van der Waals surface area (Å²) in [4.78, 5) is 0. The molecule has 1 rings (SSSR count). The van der Waals surface area contributed by atoms with Gasteiger partial charge >= 0.3 is 0 Å². The van der Waals surface area contributed by atoms with Crippen LogP contribution in [0.4, 0.5) is 0 Å². The van der Waals surface area contributed by atoms with Gasteiger partial charge in [-0.3, -0.25) is 0 Å². The van der Waals surface area contributed by atoms with Gasteiger partial charge in [0.25, 0.3) is 0 Å². The number of furan rings is 1. The van der Waals surface area contributed by atoms with Gasteiger partial charge in [0.15, 0.2) is 10.4 Å². The lowest BCUT2D eigenvalue weighted by Crippen LogP contribution is -2.33. The lowest BCUT2D eigenvalue weighted by molar-refractivity contribution is -0.884. The molecule has 0 spiro atoms. The lowest BCUT2D eigenvalue weighted by Gasteiger charge is -2.22. The Hall–Kier alpha value is -0.280. The Morgan fingerprint density at radius 3 is 2.36 bits per heavy atom. The predicted octanol–water partition coefficient (Wildman–Crippen LogP) is 2.25. The summed E-state index contributed by atoms with van der Waals surface area (Å²) < 4.78 is 7.06. The third-order valence-electron chi connectivity index (χ3n) is 1.26. The largest absolute Gasteiger partial charge is 0.448 e. The third kappa shape index (κ3) is 3.08. The van der Waals surface area contributed by atoms with Crippen molar-refractivity contribution >= 4 is 15.9 Å². The Morgan fingerprint density at radius 1 is 1.36 bits per heavy atom. The van der Waals surface area contributed by atoms with E-state index in [1.54, 1.807) is 0 Å². The van der Waals surface area contributed by atoms with E-state index in [2.05, 4.69) is 37.1 Å².